The van der Waals surface area contributed by atoms with Crippen LogP contribution in [-0.4, -0.2) is 31.3 Å². The van der Waals surface area contributed by atoms with E-state index in [2.05, 4.69) is 15.1 Å². The van der Waals surface area contributed by atoms with Gasteiger partial charge in [-0.2, -0.15) is 5.10 Å². The smallest absolute Gasteiger partial charge is 0.277 e. The summed E-state index contributed by atoms with van der Waals surface area (Å²) in [6.45, 7) is 4.21. The quantitative estimate of drug-likeness (QED) is 0.535. The van der Waals surface area contributed by atoms with Crippen molar-refractivity contribution >= 4 is 16.7 Å². The minimum atomic E-state index is -0.498. The lowest BCUT2D eigenvalue weighted by atomic mass is 10.1. The van der Waals surface area contributed by atoms with Gasteiger partial charge in [0.1, 0.15) is 17.1 Å². The summed E-state index contributed by atoms with van der Waals surface area (Å²) in [4.78, 5) is 30.5. The lowest BCUT2D eigenvalue weighted by Crippen LogP contribution is -2.13. The number of hydrogen-bond acceptors (Lipinski definition) is 6. The highest BCUT2D eigenvalue weighted by atomic mass is 16.6. The number of nitro benzene ring substituents is 1. The SMILES string of the molecule is CCCc1nn(C)c2c(=O)[nH]c(-c3cc([N+](=O)[O-])ccc3OCC)nc12. The van der Waals surface area contributed by atoms with Crippen molar-refractivity contribution in [1.82, 2.24) is 19.7 Å². The van der Waals surface area contributed by atoms with Crippen molar-refractivity contribution in [3.63, 3.8) is 0 Å². The second-order valence-corrected chi connectivity index (χ2v) is 5.80. The molecule has 0 saturated carbocycles. The zero-order valence-electron chi connectivity index (χ0n) is 14.8. The fourth-order valence-corrected chi connectivity index (χ4v) is 2.88. The number of H-pyrrole nitrogens is 1. The highest BCUT2D eigenvalue weighted by Gasteiger charge is 2.19. The third kappa shape index (κ3) is 3.03. The number of ether oxygens (including phenoxy) is 1. The number of aromatic amines is 1. The molecule has 3 aromatic rings. The molecule has 0 fully saturated rings. The molecule has 0 radical (unpaired) electrons. The average molecular weight is 357 g/mol. The van der Waals surface area contributed by atoms with Crippen LogP contribution in [0.5, 0.6) is 5.75 Å². The van der Waals surface area contributed by atoms with Crippen LogP contribution < -0.4 is 10.3 Å². The van der Waals surface area contributed by atoms with Gasteiger partial charge < -0.3 is 9.72 Å². The van der Waals surface area contributed by atoms with Crippen molar-refractivity contribution in [3.05, 3.63) is 44.4 Å². The summed E-state index contributed by atoms with van der Waals surface area (Å²) in [5.74, 6) is 0.640. The van der Waals surface area contributed by atoms with E-state index in [4.69, 9.17) is 4.74 Å². The lowest BCUT2D eigenvalue weighted by Gasteiger charge is -2.09. The Balaban J connectivity index is 2.28. The van der Waals surface area contributed by atoms with Crippen molar-refractivity contribution in [3.8, 4) is 17.1 Å². The number of hydrogen-bond donors (Lipinski definition) is 1. The number of nitrogens with zero attached hydrogens (tertiary/aromatic N) is 4. The van der Waals surface area contributed by atoms with Crippen molar-refractivity contribution in [2.45, 2.75) is 26.7 Å². The highest BCUT2D eigenvalue weighted by Crippen LogP contribution is 2.32. The van der Waals surface area contributed by atoms with Gasteiger partial charge in [-0.1, -0.05) is 13.3 Å². The first-order valence-corrected chi connectivity index (χ1v) is 8.33. The number of aromatic nitrogens is 4. The standard InChI is InChI=1S/C17H19N5O4/c1-4-6-12-14-15(21(3)20-12)17(23)19-16(18-14)11-9-10(22(24)25)7-8-13(11)26-5-2/h7-9H,4-6H2,1-3H3,(H,18,19,23). The van der Waals surface area contributed by atoms with E-state index in [1.54, 1.807) is 7.05 Å². The monoisotopic (exact) mass is 357 g/mol. The highest BCUT2D eigenvalue weighted by molar-refractivity contribution is 5.80. The third-order valence-electron chi connectivity index (χ3n) is 3.98. The molecule has 1 aromatic carbocycles. The molecule has 0 saturated heterocycles. The predicted octanol–water partition coefficient (Wildman–Crippen LogP) is 2.58. The van der Waals surface area contributed by atoms with Gasteiger partial charge in [0, 0.05) is 19.2 Å². The maximum atomic E-state index is 12.6. The van der Waals surface area contributed by atoms with Crippen molar-refractivity contribution in [2.24, 2.45) is 7.05 Å². The van der Waals surface area contributed by atoms with Crippen molar-refractivity contribution < 1.29 is 9.66 Å². The van der Waals surface area contributed by atoms with Crippen molar-refractivity contribution in [2.75, 3.05) is 6.61 Å². The summed E-state index contributed by atoms with van der Waals surface area (Å²) in [5, 5.41) is 15.5. The number of rotatable bonds is 6. The molecule has 0 bridgehead atoms. The topological polar surface area (TPSA) is 116 Å². The Morgan fingerprint density at radius 2 is 2.12 bits per heavy atom. The second-order valence-electron chi connectivity index (χ2n) is 5.80. The van der Waals surface area contributed by atoms with E-state index in [1.165, 1.54) is 22.9 Å². The van der Waals surface area contributed by atoms with Crippen LogP contribution in [0, 0.1) is 10.1 Å². The summed E-state index contributed by atoms with van der Waals surface area (Å²) < 4.78 is 7.06. The summed E-state index contributed by atoms with van der Waals surface area (Å²) in [5.41, 5.74) is 1.51. The summed E-state index contributed by atoms with van der Waals surface area (Å²) in [7, 11) is 1.69. The normalized spacial score (nSPS) is 11.0. The van der Waals surface area contributed by atoms with Gasteiger partial charge in [0.05, 0.1) is 22.8 Å². The maximum absolute atomic E-state index is 12.6. The Kier molecular flexibility index (Phi) is 4.70. The van der Waals surface area contributed by atoms with Gasteiger partial charge in [0.2, 0.25) is 0 Å². The minimum Gasteiger partial charge on any atom is -0.493 e. The Hall–Kier alpha value is -3.23. The molecule has 0 aliphatic carbocycles. The van der Waals surface area contributed by atoms with Crippen LogP contribution in [0.25, 0.3) is 22.4 Å². The van der Waals surface area contributed by atoms with E-state index < -0.39 is 4.92 Å². The average Bonchev–Trinajstić information content (AvgIpc) is 2.92. The molecule has 0 unspecified atom stereocenters. The molecular weight excluding hydrogens is 338 g/mol. The van der Waals surface area contributed by atoms with Gasteiger partial charge in [-0.3, -0.25) is 19.6 Å². The molecule has 2 aromatic heterocycles. The van der Waals surface area contributed by atoms with Crippen LogP contribution in [0.2, 0.25) is 0 Å². The number of non-ortho nitro benzene ring substituents is 1. The molecule has 9 nitrogen and oxygen atoms in total. The first kappa shape index (κ1) is 17.6. The Bertz CT molecular complexity index is 1040. The summed E-state index contributed by atoms with van der Waals surface area (Å²) >= 11 is 0. The van der Waals surface area contributed by atoms with Gasteiger partial charge in [0.25, 0.3) is 11.2 Å². The van der Waals surface area contributed by atoms with Gasteiger partial charge in [-0.05, 0) is 19.4 Å². The van der Waals surface area contributed by atoms with Crippen LogP contribution >= 0.6 is 0 Å². The zero-order valence-corrected chi connectivity index (χ0v) is 14.8. The van der Waals surface area contributed by atoms with Gasteiger partial charge >= 0.3 is 0 Å². The van der Waals surface area contributed by atoms with Crippen molar-refractivity contribution in [1.29, 1.82) is 0 Å². The molecule has 0 amide bonds. The predicted molar refractivity (Wildman–Crippen MR) is 96.4 cm³/mol. The summed E-state index contributed by atoms with van der Waals surface area (Å²) in [6.07, 6.45) is 1.54. The van der Waals surface area contributed by atoms with Gasteiger partial charge in [-0.15, -0.1) is 0 Å². The van der Waals surface area contributed by atoms with E-state index in [0.29, 0.717) is 35.4 Å². The van der Waals surface area contributed by atoms with E-state index in [9.17, 15) is 14.9 Å². The number of fused-ring (bicyclic) bond motifs is 1. The molecule has 0 aliphatic heterocycles. The van der Waals surface area contributed by atoms with Crippen LogP contribution in [0.1, 0.15) is 26.0 Å². The number of benzene rings is 1. The molecule has 0 spiro atoms. The van der Waals surface area contributed by atoms with Gasteiger partial charge in [0.15, 0.2) is 5.52 Å². The van der Waals surface area contributed by atoms with Crippen LogP contribution in [0.15, 0.2) is 23.0 Å². The fourth-order valence-electron chi connectivity index (χ4n) is 2.88. The summed E-state index contributed by atoms with van der Waals surface area (Å²) in [6, 6.07) is 4.22. The second kappa shape index (κ2) is 6.95. The first-order valence-electron chi connectivity index (χ1n) is 8.33. The molecular formula is C17H19N5O4. The molecule has 2 heterocycles. The van der Waals surface area contributed by atoms with E-state index in [-0.39, 0.29) is 17.1 Å². The van der Waals surface area contributed by atoms with Crippen LogP contribution in [0.4, 0.5) is 5.69 Å². The molecule has 136 valence electrons. The first-order chi connectivity index (χ1) is 12.5. The van der Waals surface area contributed by atoms with E-state index >= 15 is 0 Å². The maximum Gasteiger partial charge on any atom is 0.277 e. The van der Waals surface area contributed by atoms with Crippen LogP contribution in [-0.2, 0) is 13.5 Å². The Labute approximate surface area is 148 Å². The Morgan fingerprint density at radius 1 is 1.35 bits per heavy atom. The third-order valence-corrected chi connectivity index (χ3v) is 3.98. The molecule has 1 N–H and O–H groups in total. The number of aryl methyl sites for hydroxylation is 2. The number of nitro groups is 1. The molecule has 9 heteroatoms. The lowest BCUT2D eigenvalue weighted by molar-refractivity contribution is -0.384. The minimum absolute atomic E-state index is 0.105. The Morgan fingerprint density at radius 3 is 2.77 bits per heavy atom. The molecule has 0 atom stereocenters. The molecule has 0 aliphatic rings. The fraction of sp³-hybridized carbons (Fsp3) is 0.353. The number of nitrogens with one attached hydrogen (secondary N) is 1. The molecule has 3 rings (SSSR count). The van der Waals surface area contributed by atoms with Crippen LogP contribution in [0.3, 0.4) is 0 Å². The molecule has 26 heavy (non-hydrogen) atoms. The zero-order chi connectivity index (χ0) is 18.8. The largest absolute Gasteiger partial charge is 0.493 e. The van der Waals surface area contributed by atoms with E-state index in [1.807, 2.05) is 13.8 Å². The van der Waals surface area contributed by atoms with E-state index in [0.717, 1.165) is 12.1 Å². The van der Waals surface area contributed by atoms with Gasteiger partial charge in [-0.25, -0.2) is 4.98 Å².